The summed E-state index contributed by atoms with van der Waals surface area (Å²) < 4.78 is 0. The largest absolute Gasteiger partial charge is 0.480 e. The van der Waals surface area contributed by atoms with Gasteiger partial charge in [-0.05, 0) is 91.6 Å². The van der Waals surface area contributed by atoms with Gasteiger partial charge >= 0.3 is 5.97 Å². The first kappa shape index (κ1) is 26.9. The molecule has 1 aromatic rings. The van der Waals surface area contributed by atoms with E-state index in [9.17, 15) is 24.9 Å². The van der Waals surface area contributed by atoms with Crippen LogP contribution in [0.5, 0.6) is 0 Å². The second kappa shape index (κ2) is 10.5. The van der Waals surface area contributed by atoms with Crippen molar-refractivity contribution in [1.82, 2.24) is 5.32 Å². The van der Waals surface area contributed by atoms with Gasteiger partial charge in [-0.25, -0.2) is 4.79 Å². The van der Waals surface area contributed by atoms with Crippen LogP contribution in [0.2, 0.25) is 0 Å². The maximum atomic E-state index is 12.4. The number of aliphatic hydroxyl groups is 2. The van der Waals surface area contributed by atoms with E-state index >= 15 is 0 Å². The molecule has 8 heteroatoms. The van der Waals surface area contributed by atoms with Gasteiger partial charge in [0.15, 0.2) is 12.6 Å². The fourth-order valence-electron chi connectivity index (χ4n) is 8.12. The molecule has 4 aliphatic rings. The number of aliphatic carboxylic acids is 1. The Morgan fingerprint density at radius 2 is 1.84 bits per heavy atom. The topological polar surface area (TPSA) is 128 Å². The molecular weight excluding hydrogens is 484 g/mol. The number of allylic oxidation sites excluding steroid dienone is 2. The Labute approximate surface area is 224 Å². The number of oxime groups is 1. The maximum absolute atomic E-state index is 12.4. The highest BCUT2D eigenvalue weighted by Crippen LogP contribution is 2.65. The number of amides is 1. The maximum Gasteiger partial charge on any atom is 0.329 e. The van der Waals surface area contributed by atoms with Gasteiger partial charge < -0.3 is 25.5 Å². The van der Waals surface area contributed by atoms with E-state index in [0.29, 0.717) is 23.3 Å². The van der Waals surface area contributed by atoms with E-state index in [0.717, 1.165) is 57.1 Å². The van der Waals surface area contributed by atoms with E-state index in [2.05, 4.69) is 30.4 Å². The zero-order chi connectivity index (χ0) is 27.1. The summed E-state index contributed by atoms with van der Waals surface area (Å²) in [6, 6.07) is 6.87. The molecule has 0 aromatic heterocycles. The molecule has 0 bridgehead atoms. The molecule has 0 radical (unpaired) electrons. The van der Waals surface area contributed by atoms with Gasteiger partial charge in [0.05, 0.1) is 11.8 Å². The number of rotatable bonds is 7. The first-order valence-corrected chi connectivity index (χ1v) is 14.0. The molecule has 38 heavy (non-hydrogen) atoms. The van der Waals surface area contributed by atoms with Crippen LogP contribution in [-0.4, -0.2) is 51.7 Å². The van der Waals surface area contributed by atoms with Crippen LogP contribution in [0.1, 0.15) is 76.9 Å². The molecule has 4 aliphatic carbocycles. The zero-order valence-electron chi connectivity index (χ0n) is 22.3. The van der Waals surface area contributed by atoms with Gasteiger partial charge in [-0.3, -0.25) is 4.79 Å². The summed E-state index contributed by atoms with van der Waals surface area (Å²) >= 11 is 0. The Morgan fingerprint density at radius 1 is 1.08 bits per heavy atom. The lowest BCUT2D eigenvalue weighted by Gasteiger charge is -2.57. The minimum Gasteiger partial charge on any atom is -0.480 e. The predicted octanol–water partition coefficient (Wildman–Crippen LogP) is 3.99. The van der Waals surface area contributed by atoms with Crippen molar-refractivity contribution < 1.29 is 29.7 Å². The van der Waals surface area contributed by atoms with Gasteiger partial charge in [0, 0.05) is 0 Å². The lowest BCUT2D eigenvalue weighted by molar-refractivity contribution is -0.146. The number of hydrogen-bond acceptors (Lipinski definition) is 6. The molecule has 8 nitrogen and oxygen atoms in total. The Bertz CT molecular complexity index is 1120. The van der Waals surface area contributed by atoms with Crippen molar-refractivity contribution >= 4 is 17.6 Å². The summed E-state index contributed by atoms with van der Waals surface area (Å²) in [4.78, 5) is 29.4. The third kappa shape index (κ3) is 4.77. The Kier molecular flexibility index (Phi) is 7.40. The van der Waals surface area contributed by atoms with Gasteiger partial charge in [-0.1, -0.05) is 54.9 Å². The van der Waals surface area contributed by atoms with E-state index < -0.39 is 30.6 Å². The number of nitrogens with one attached hydrogen (secondary N) is 1. The number of carbonyl (C=O) groups is 2. The molecule has 0 aliphatic heterocycles. The van der Waals surface area contributed by atoms with Crippen LogP contribution in [0.25, 0.3) is 0 Å². The van der Waals surface area contributed by atoms with Gasteiger partial charge in [-0.15, -0.1) is 0 Å². The van der Waals surface area contributed by atoms with Crippen LogP contribution >= 0.6 is 0 Å². The van der Waals surface area contributed by atoms with E-state index in [1.807, 2.05) is 0 Å². The lowest BCUT2D eigenvalue weighted by Crippen LogP contribution is -2.51. The zero-order valence-corrected chi connectivity index (χ0v) is 22.3. The first-order valence-electron chi connectivity index (χ1n) is 14.0. The summed E-state index contributed by atoms with van der Waals surface area (Å²) in [6.07, 6.45) is 8.86. The summed E-state index contributed by atoms with van der Waals surface area (Å²) in [5.41, 5.74) is 2.83. The number of benzene rings is 1. The molecule has 8 atom stereocenters. The molecule has 3 saturated carbocycles. The Morgan fingerprint density at radius 3 is 2.58 bits per heavy atom. The Hall–Kier alpha value is -2.71. The quantitative estimate of drug-likeness (QED) is 0.400. The highest BCUT2D eigenvalue weighted by atomic mass is 16.6. The van der Waals surface area contributed by atoms with Crippen LogP contribution in [0.4, 0.5) is 0 Å². The monoisotopic (exact) mass is 524 g/mol. The van der Waals surface area contributed by atoms with Crippen molar-refractivity contribution in [2.45, 2.75) is 83.5 Å². The van der Waals surface area contributed by atoms with Crippen molar-refractivity contribution in [3.8, 4) is 0 Å². The smallest absolute Gasteiger partial charge is 0.329 e. The molecule has 206 valence electrons. The van der Waals surface area contributed by atoms with Gasteiger partial charge in [0.25, 0.3) is 5.91 Å². The average Bonchev–Trinajstić information content (AvgIpc) is 3.21. The van der Waals surface area contributed by atoms with E-state index in [-0.39, 0.29) is 16.9 Å². The Balaban J connectivity index is 1.19. The third-order valence-electron chi connectivity index (χ3n) is 10.3. The summed E-state index contributed by atoms with van der Waals surface area (Å²) in [6.45, 7) is 4.28. The van der Waals surface area contributed by atoms with Crippen molar-refractivity contribution in [1.29, 1.82) is 0 Å². The molecule has 5 rings (SSSR count). The van der Waals surface area contributed by atoms with Crippen LogP contribution in [0.15, 0.2) is 47.1 Å². The van der Waals surface area contributed by atoms with Crippen LogP contribution in [0.3, 0.4) is 0 Å². The molecule has 3 fully saturated rings. The van der Waals surface area contributed by atoms with Crippen molar-refractivity contribution in [3.05, 3.63) is 47.5 Å². The van der Waals surface area contributed by atoms with Crippen LogP contribution < -0.4 is 5.32 Å². The molecule has 1 amide bonds. The lowest BCUT2D eigenvalue weighted by atomic mass is 9.47. The van der Waals surface area contributed by atoms with E-state index in [4.69, 9.17) is 4.84 Å². The fourth-order valence-corrected chi connectivity index (χ4v) is 8.12. The van der Waals surface area contributed by atoms with Gasteiger partial charge in [-0.2, -0.15) is 0 Å². The molecule has 0 spiro atoms. The van der Waals surface area contributed by atoms with Crippen molar-refractivity contribution in [2.75, 3.05) is 6.61 Å². The summed E-state index contributed by atoms with van der Waals surface area (Å²) in [7, 11) is 0. The highest BCUT2D eigenvalue weighted by molar-refractivity contribution is 5.96. The molecule has 1 aromatic carbocycles. The van der Waals surface area contributed by atoms with Crippen LogP contribution in [0, 0.1) is 28.6 Å². The highest BCUT2D eigenvalue weighted by Gasteiger charge is 2.58. The molecule has 0 unspecified atom stereocenters. The number of fused-ring (bicyclic) bond motifs is 5. The minimum absolute atomic E-state index is 0.0746. The van der Waals surface area contributed by atoms with Crippen LogP contribution in [-0.2, 0) is 14.4 Å². The van der Waals surface area contributed by atoms with E-state index in [1.54, 1.807) is 30.3 Å². The second-order valence-electron chi connectivity index (χ2n) is 12.2. The summed E-state index contributed by atoms with van der Waals surface area (Å²) in [5, 5.41) is 37.2. The van der Waals surface area contributed by atoms with Crippen molar-refractivity contribution in [2.24, 2.45) is 33.7 Å². The fraction of sp³-hybridized carbons (Fsp3) is 0.633. The number of carbonyl (C=O) groups excluding carboxylic acids is 1. The number of aliphatic hydroxyl groups excluding tert-OH is 2. The number of carboxylic acids is 1. The first-order chi connectivity index (χ1) is 18.1. The number of carboxylic acid groups (broad SMARTS) is 1. The van der Waals surface area contributed by atoms with Crippen molar-refractivity contribution in [3.63, 3.8) is 0 Å². The van der Waals surface area contributed by atoms with Gasteiger partial charge in [0.2, 0.25) is 0 Å². The molecule has 4 N–H and O–H groups in total. The standard InChI is InChI=1S/C30H40N2O6/c1-29-14-12-20(16-19(29)8-9-21-22-10-11-24(33)30(22,2)15-13-23(21)29)32-38-17-25(34)31-26(28(36)37)27(35)18-6-4-3-5-7-18/h3-7,16,21-24,26-27,33,35H,8-15,17H2,1-2H3,(H,31,34)(H,36,37)/t21-,22-,23-,24-,26-,27+,29-,30-/m0/s1. The predicted molar refractivity (Wildman–Crippen MR) is 142 cm³/mol. The second-order valence-corrected chi connectivity index (χ2v) is 12.2. The molecule has 0 heterocycles. The minimum atomic E-state index is -1.49. The van der Waals surface area contributed by atoms with Gasteiger partial charge in [0.1, 0.15) is 6.10 Å². The third-order valence-corrected chi connectivity index (χ3v) is 10.3. The number of hydrogen-bond donors (Lipinski definition) is 4. The molecular formula is C30H40N2O6. The van der Waals surface area contributed by atoms with E-state index in [1.165, 1.54) is 5.57 Å². The number of nitrogens with zero attached hydrogens (tertiary/aromatic N) is 1. The molecule has 0 saturated heterocycles. The average molecular weight is 525 g/mol. The normalized spacial score (nSPS) is 36.7. The summed E-state index contributed by atoms with van der Waals surface area (Å²) in [5.74, 6) is -0.0813. The SMILES string of the molecule is C[C@]12CC[C@H]3[C@@H](CCC4=CC(=NOCC(=O)N[C@H](C(=O)O)[C@H](O)c5ccccc5)CC[C@@]43C)[C@@H]1CC[C@@H]2O.